The minimum absolute atomic E-state index is 0.116. The van der Waals surface area contributed by atoms with Gasteiger partial charge in [0.1, 0.15) is 12.1 Å². The van der Waals surface area contributed by atoms with Crippen LogP contribution >= 0.6 is 0 Å². The molecule has 8 heteroatoms. The average molecular weight is 425 g/mol. The van der Waals surface area contributed by atoms with E-state index in [9.17, 15) is 8.42 Å². The maximum absolute atomic E-state index is 11.8. The van der Waals surface area contributed by atoms with E-state index < -0.39 is 10.0 Å². The summed E-state index contributed by atoms with van der Waals surface area (Å²) < 4.78 is 32.3. The molecule has 1 spiro atoms. The Morgan fingerprint density at radius 2 is 2.17 bits per heavy atom. The fourth-order valence-electron chi connectivity index (χ4n) is 4.78. The number of oxazole rings is 1. The first-order valence-corrected chi connectivity index (χ1v) is 12.0. The Kier molecular flexibility index (Phi) is 4.63. The van der Waals surface area contributed by atoms with Crippen LogP contribution in [0.3, 0.4) is 0 Å². The van der Waals surface area contributed by atoms with E-state index in [0.29, 0.717) is 18.9 Å². The van der Waals surface area contributed by atoms with Gasteiger partial charge in [0.2, 0.25) is 15.9 Å². The lowest BCUT2D eigenvalue weighted by atomic mass is 9.79. The van der Waals surface area contributed by atoms with Crippen LogP contribution in [0.4, 0.5) is 5.82 Å². The molecule has 30 heavy (non-hydrogen) atoms. The van der Waals surface area contributed by atoms with Gasteiger partial charge in [-0.25, -0.2) is 23.1 Å². The van der Waals surface area contributed by atoms with E-state index in [1.165, 1.54) is 11.8 Å². The third-order valence-electron chi connectivity index (χ3n) is 6.02. The Morgan fingerprint density at radius 3 is 3.03 bits per heavy atom. The third-order valence-corrected chi connectivity index (χ3v) is 6.78. The van der Waals surface area contributed by atoms with Crippen molar-refractivity contribution < 1.29 is 12.8 Å². The van der Waals surface area contributed by atoms with Crippen LogP contribution in [0.1, 0.15) is 36.4 Å². The number of aromatic nitrogens is 2. The Bertz CT molecular complexity index is 1190. The number of nitrogens with zero attached hydrogens (tertiary/aromatic N) is 2. The number of hydrogen-bond donors (Lipinski definition) is 2. The predicted octanol–water partition coefficient (Wildman–Crippen LogP) is 3.24. The molecule has 1 aliphatic carbocycles. The van der Waals surface area contributed by atoms with Crippen molar-refractivity contribution in [2.75, 3.05) is 11.6 Å². The highest BCUT2D eigenvalue weighted by atomic mass is 32.2. The molecule has 1 aliphatic heterocycles. The van der Waals surface area contributed by atoms with Crippen LogP contribution in [0, 0.1) is 0 Å². The van der Waals surface area contributed by atoms with Gasteiger partial charge in [-0.3, -0.25) is 0 Å². The maximum atomic E-state index is 11.8. The lowest BCUT2D eigenvalue weighted by molar-refractivity contribution is 0.318. The van der Waals surface area contributed by atoms with Crippen molar-refractivity contribution >= 4 is 15.8 Å². The lowest BCUT2D eigenvalue weighted by Gasteiger charge is -2.27. The van der Waals surface area contributed by atoms with E-state index in [0.717, 1.165) is 41.9 Å². The normalized spacial score (nSPS) is 23.3. The summed E-state index contributed by atoms with van der Waals surface area (Å²) in [7, 11) is -3.27. The first kappa shape index (κ1) is 19.3. The Hall–Kier alpha value is -2.71. The Morgan fingerprint density at radius 1 is 1.27 bits per heavy atom. The molecule has 0 saturated heterocycles. The van der Waals surface area contributed by atoms with Crippen molar-refractivity contribution in [3.63, 3.8) is 0 Å². The number of fused-ring (bicyclic) bond motifs is 7. The molecule has 1 aromatic carbocycles. The van der Waals surface area contributed by atoms with Crippen molar-refractivity contribution in [2.24, 2.45) is 0 Å². The SMILES string of the molecule is CS(=O)(=O)N[C@H]1CC[C@@]2(Cc3cccc(c3)-c3cccnc3NCc3coc2n3)C1. The van der Waals surface area contributed by atoms with Crippen LogP contribution in [-0.2, 0) is 28.4 Å². The molecule has 5 rings (SSSR count). The average Bonchev–Trinajstić information content (AvgIpc) is 3.33. The van der Waals surface area contributed by atoms with Crippen LogP contribution in [0.25, 0.3) is 11.1 Å². The fraction of sp³-hybridized carbons (Fsp3) is 0.364. The highest BCUT2D eigenvalue weighted by Crippen LogP contribution is 2.44. The second kappa shape index (κ2) is 7.21. The van der Waals surface area contributed by atoms with Gasteiger partial charge in [0.25, 0.3) is 0 Å². The van der Waals surface area contributed by atoms with E-state index in [4.69, 9.17) is 9.40 Å². The van der Waals surface area contributed by atoms with Crippen LogP contribution < -0.4 is 10.0 Å². The van der Waals surface area contributed by atoms with Crippen molar-refractivity contribution in [3.8, 4) is 11.1 Å². The summed E-state index contributed by atoms with van der Waals surface area (Å²) in [6, 6.07) is 12.3. The molecule has 0 amide bonds. The largest absolute Gasteiger partial charge is 0.448 e. The lowest BCUT2D eigenvalue weighted by Crippen LogP contribution is -2.35. The van der Waals surface area contributed by atoms with Crippen LogP contribution in [0.15, 0.2) is 53.3 Å². The smallest absolute Gasteiger partial charge is 0.208 e. The molecule has 3 heterocycles. The van der Waals surface area contributed by atoms with Gasteiger partial charge >= 0.3 is 0 Å². The topological polar surface area (TPSA) is 97.1 Å². The summed E-state index contributed by atoms with van der Waals surface area (Å²) in [5.74, 6) is 1.50. The summed E-state index contributed by atoms with van der Waals surface area (Å²) in [4.78, 5) is 9.29. The molecule has 2 aliphatic rings. The molecule has 2 aromatic heterocycles. The number of nitrogens with one attached hydrogen (secondary N) is 2. The van der Waals surface area contributed by atoms with Crippen molar-refractivity contribution in [1.29, 1.82) is 0 Å². The van der Waals surface area contributed by atoms with Crippen LogP contribution in [-0.4, -0.2) is 30.7 Å². The minimum atomic E-state index is -3.27. The summed E-state index contributed by atoms with van der Waals surface area (Å²) >= 11 is 0. The maximum Gasteiger partial charge on any atom is 0.208 e. The van der Waals surface area contributed by atoms with E-state index in [1.807, 2.05) is 6.07 Å². The van der Waals surface area contributed by atoms with Crippen molar-refractivity contribution in [1.82, 2.24) is 14.7 Å². The van der Waals surface area contributed by atoms with Gasteiger partial charge in [0, 0.05) is 17.8 Å². The number of pyridine rings is 1. The summed E-state index contributed by atoms with van der Waals surface area (Å²) in [6.07, 6.45) is 7.66. The third kappa shape index (κ3) is 3.73. The highest BCUT2D eigenvalue weighted by molar-refractivity contribution is 7.88. The molecule has 7 nitrogen and oxygen atoms in total. The molecular formula is C22H24N4O3S. The molecule has 156 valence electrons. The highest BCUT2D eigenvalue weighted by Gasteiger charge is 2.45. The van der Waals surface area contributed by atoms with Gasteiger partial charge < -0.3 is 9.73 Å². The van der Waals surface area contributed by atoms with E-state index >= 15 is 0 Å². The van der Waals surface area contributed by atoms with Gasteiger partial charge in [0.05, 0.1) is 23.9 Å². The minimum Gasteiger partial charge on any atom is -0.448 e. The van der Waals surface area contributed by atoms with Gasteiger partial charge in [-0.05, 0) is 48.9 Å². The van der Waals surface area contributed by atoms with E-state index in [1.54, 1.807) is 12.5 Å². The molecule has 1 fully saturated rings. The quantitative estimate of drug-likeness (QED) is 0.656. The van der Waals surface area contributed by atoms with E-state index in [2.05, 4.69) is 45.4 Å². The molecule has 2 atom stereocenters. The second-order valence-corrected chi connectivity index (χ2v) is 10.2. The zero-order valence-electron chi connectivity index (χ0n) is 16.8. The predicted molar refractivity (Wildman–Crippen MR) is 115 cm³/mol. The number of benzene rings is 1. The molecule has 2 N–H and O–H groups in total. The first-order valence-electron chi connectivity index (χ1n) is 10.1. The Labute approximate surface area is 176 Å². The standard InChI is InChI=1S/C22H24N4O3S/c1-30(27,28)26-17-7-8-22(12-17)11-15-4-2-5-16(10-15)19-6-3-9-23-20(19)24-13-18-14-29-21(22)25-18/h2-6,9-10,14,17,26H,7-8,11-13H2,1H3,(H,23,24)/t17-,22+/m0/s1. The fourth-order valence-corrected chi connectivity index (χ4v) is 5.59. The second-order valence-electron chi connectivity index (χ2n) is 8.38. The monoisotopic (exact) mass is 424 g/mol. The van der Waals surface area contributed by atoms with Gasteiger partial charge in [-0.1, -0.05) is 24.3 Å². The Balaban J connectivity index is 1.58. The van der Waals surface area contributed by atoms with Gasteiger partial charge in [-0.15, -0.1) is 0 Å². The summed E-state index contributed by atoms with van der Waals surface area (Å²) in [5.41, 5.74) is 3.79. The molecule has 4 bridgehead atoms. The molecule has 3 aromatic rings. The number of rotatable bonds is 2. The molecule has 0 unspecified atom stereocenters. The molecule has 1 saturated carbocycles. The molecular weight excluding hydrogens is 400 g/mol. The summed E-state index contributed by atoms with van der Waals surface area (Å²) in [5, 5.41) is 3.38. The zero-order chi connectivity index (χ0) is 20.8. The number of sulfonamides is 1. The molecule has 0 radical (unpaired) electrons. The zero-order valence-corrected chi connectivity index (χ0v) is 17.6. The number of hydrogen-bond acceptors (Lipinski definition) is 6. The van der Waals surface area contributed by atoms with E-state index in [-0.39, 0.29) is 11.5 Å². The van der Waals surface area contributed by atoms with Gasteiger partial charge in [0.15, 0.2) is 0 Å². The van der Waals surface area contributed by atoms with Crippen LogP contribution in [0.2, 0.25) is 0 Å². The summed E-state index contributed by atoms with van der Waals surface area (Å²) in [6.45, 7) is 0.508. The van der Waals surface area contributed by atoms with Gasteiger partial charge in [-0.2, -0.15) is 0 Å². The van der Waals surface area contributed by atoms with Crippen LogP contribution in [0.5, 0.6) is 0 Å². The number of anilines is 1. The first-order chi connectivity index (χ1) is 14.4. The van der Waals surface area contributed by atoms with Crippen molar-refractivity contribution in [2.45, 2.75) is 43.7 Å². The van der Waals surface area contributed by atoms with Crippen molar-refractivity contribution in [3.05, 3.63) is 66.0 Å².